The van der Waals surface area contributed by atoms with Crippen LogP contribution in [0.25, 0.3) is 0 Å². The lowest BCUT2D eigenvalue weighted by atomic mass is 10.1. The summed E-state index contributed by atoms with van der Waals surface area (Å²) in [4.78, 5) is 23.0. The van der Waals surface area contributed by atoms with E-state index in [1.165, 1.54) is 11.3 Å². The normalized spacial score (nSPS) is 11.9. The quantitative estimate of drug-likeness (QED) is 0.602. The zero-order valence-electron chi connectivity index (χ0n) is 12.0. The predicted octanol–water partition coefficient (Wildman–Crippen LogP) is 3.80. The summed E-state index contributed by atoms with van der Waals surface area (Å²) in [5.74, 6) is -0.754. The van der Waals surface area contributed by atoms with Gasteiger partial charge in [0.15, 0.2) is 0 Å². The molecule has 2 amide bonds. The monoisotopic (exact) mass is 332 g/mol. The minimum atomic E-state index is -0.754. The lowest BCUT2D eigenvalue weighted by molar-refractivity contribution is -0.137. The lowest BCUT2D eigenvalue weighted by Gasteiger charge is -2.13. The van der Waals surface area contributed by atoms with Crippen molar-refractivity contribution in [2.24, 2.45) is 0 Å². The molecule has 118 valence electrons. The number of unbranched alkanes of at least 4 members (excludes halogenated alkanes) is 3. The second-order valence-electron chi connectivity index (χ2n) is 4.82. The highest BCUT2D eigenvalue weighted by Crippen LogP contribution is 2.26. The molecule has 0 saturated carbocycles. The van der Waals surface area contributed by atoms with Gasteiger partial charge in [0.05, 0.1) is 10.4 Å². The first kappa shape index (κ1) is 17.8. The molecule has 1 aromatic heterocycles. The van der Waals surface area contributed by atoms with Gasteiger partial charge in [-0.3, -0.25) is 4.79 Å². The van der Waals surface area contributed by atoms with Crippen LogP contribution in [0, 0.1) is 0 Å². The molecular weight excluding hydrogens is 312 g/mol. The molecule has 1 heterocycles. The number of carbonyl (C=O) groups excluding carboxylic acids is 1. The van der Waals surface area contributed by atoms with E-state index in [0.29, 0.717) is 17.3 Å². The van der Waals surface area contributed by atoms with E-state index in [1.807, 2.05) is 19.1 Å². The fourth-order valence-corrected chi connectivity index (χ4v) is 2.90. The average Bonchev–Trinajstić information content (AvgIpc) is 2.84. The van der Waals surface area contributed by atoms with E-state index in [9.17, 15) is 9.59 Å². The van der Waals surface area contributed by atoms with Crippen LogP contribution in [0.3, 0.4) is 0 Å². The number of carboxylic acid groups (broad SMARTS) is 1. The molecule has 0 bridgehead atoms. The van der Waals surface area contributed by atoms with Gasteiger partial charge in [-0.25, -0.2) is 4.79 Å². The highest BCUT2D eigenvalue weighted by Gasteiger charge is 2.10. The molecule has 7 heteroatoms. The van der Waals surface area contributed by atoms with Gasteiger partial charge in [0, 0.05) is 17.8 Å². The maximum atomic E-state index is 11.7. The van der Waals surface area contributed by atoms with E-state index in [2.05, 4.69) is 10.6 Å². The summed E-state index contributed by atoms with van der Waals surface area (Å²) in [6, 6.07) is 3.45. The van der Waals surface area contributed by atoms with E-state index in [-0.39, 0.29) is 18.5 Å². The molecular formula is C14H21ClN2O3S. The number of nitrogens with one attached hydrogen (secondary N) is 2. The molecule has 21 heavy (non-hydrogen) atoms. The number of amides is 2. The molecule has 5 nitrogen and oxygen atoms in total. The minimum absolute atomic E-state index is 0.0712. The molecule has 0 aromatic carbocycles. The van der Waals surface area contributed by atoms with Crippen molar-refractivity contribution in [1.29, 1.82) is 0 Å². The second-order valence-corrected chi connectivity index (χ2v) is 6.57. The van der Waals surface area contributed by atoms with Crippen molar-refractivity contribution in [3.05, 3.63) is 21.3 Å². The number of carboxylic acids is 1. The van der Waals surface area contributed by atoms with Gasteiger partial charge in [-0.1, -0.05) is 24.4 Å². The van der Waals surface area contributed by atoms with Crippen LogP contribution in [-0.2, 0) is 4.79 Å². The number of carbonyl (C=O) groups is 2. The summed E-state index contributed by atoms with van der Waals surface area (Å²) in [6.45, 7) is 2.50. The second kappa shape index (κ2) is 9.63. The molecule has 0 spiro atoms. The molecule has 1 rings (SSSR count). The van der Waals surface area contributed by atoms with Gasteiger partial charge in [-0.2, -0.15) is 0 Å². The number of hydrogen-bond donors (Lipinski definition) is 3. The van der Waals surface area contributed by atoms with Gasteiger partial charge >= 0.3 is 12.0 Å². The predicted molar refractivity (Wildman–Crippen MR) is 85.0 cm³/mol. The van der Waals surface area contributed by atoms with Crippen molar-refractivity contribution >= 4 is 34.9 Å². The topological polar surface area (TPSA) is 78.4 Å². The molecule has 1 aromatic rings. The summed E-state index contributed by atoms with van der Waals surface area (Å²) in [7, 11) is 0. The summed E-state index contributed by atoms with van der Waals surface area (Å²) in [5, 5.41) is 14.1. The van der Waals surface area contributed by atoms with Gasteiger partial charge in [0.2, 0.25) is 0 Å². The first-order chi connectivity index (χ1) is 9.99. The molecule has 1 atom stereocenters. The molecule has 0 aliphatic heterocycles. The summed E-state index contributed by atoms with van der Waals surface area (Å²) >= 11 is 7.31. The summed E-state index contributed by atoms with van der Waals surface area (Å²) in [5.41, 5.74) is 0. The van der Waals surface area contributed by atoms with Crippen molar-refractivity contribution in [2.75, 3.05) is 6.54 Å². The van der Waals surface area contributed by atoms with Crippen LogP contribution in [0.1, 0.15) is 49.9 Å². The van der Waals surface area contributed by atoms with Crippen molar-refractivity contribution in [2.45, 2.75) is 45.1 Å². The number of urea groups is 1. The van der Waals surface area contributed by atoms with E-state index >= 15 is 0 Å². The number of halogens is 1. The van der Waals surface area contributed by atoms with Crippen molar-refractivity contribution in [1.82, 2.24) is 10.6 Å². The van der Waals surface area contributed by atoms with E-state index in [0.717, 1.165) is 24.1 Å². The van der Waals surface area contributed by atoms with Crippen LogP contribution in [0.2, 0.25) is 4.34 Å². The largest absolute Gasteiger partial charge is 0.481 e. The van der Waals surface area contributed by atoms with Gasteiger partial charge < -0.3 is 15.7 Å². The van der Waals surface area contributed by atoms with Gasteiger partial charge in [0.1, 0.15) is 0 Å². The molecule has 0 aliphatic rings. The Bertz CT molecular complexity index is 465. The maximum absolute atomic E-state index is 11.7. The van der Waals surface area contributed by atoms with Crippen LogP contribution in [0.5, 0.6) is 0 Å². The third-order valence-corrected chi connectivity index (χ3v) is 4.39. The van der Waals surface area contributed by atoms with Crippen LogP contribution in [0.4, 0.5) is 4.79 Å². The number of hydrogen-bond acceptors (Lipinski definition) is 3. The van der Waals surface area contributed by atoms with Crippen molar-refractivity contribution < 1.29 is 14.7 Å². The highest BCUT2D eigenvalue weighted by atomic mass is 35.5. The highest BCUT2D eigenvalue weighted by molar-refractivity contribution is 7.16. The molecule has 0 fully saturated rings. The third kappa shape index (κ3) is 7.92. The van der Waals surface area contributed by atoms with Gasteiger partial charge in [0.25, 0.3) is 0 Å². The van der Waals surface area contributed by atoms with Crippen molar-refractivity contribution in [3.8, 4) is 0 Å². The Morgan fingerprint density at radius 1 is 1.29 bits per heavy atom. The number of thiophene rings is 1. The smallest absolute Gasteiger partial charge is 0.315 e. The van der Waals surface area contributed by atoms with Crippen molar-refractivity contribution in [3.63, 3.8) is 0 Å². The van der Waals surface area contributed by atoms with Crippen LogP contribution >= 0.6 is 22.9 Å². The standard InChI is InChI=1S/C14H21ClN2O3S/c1-10(11-7-8-12(15)21-11)17-14(20)16-9-5-3-2-4-6-13(18)19/h7-8,10H,2-6,9H2,1H3,(H,18,19)(H2,16,17,20). The Morgan fingerprint density at radius 3 is 2.62 bits per heavy atom. The Labute approximate surface area is 133 Å². The lowest BCUT2D eigenvalue weighted by Crippen LogP contribution is -2.37. The molecule has 3 N–H and O–H groups in total. The van der Waals surface area contributed by atoms with Gasteiger partial charge in [-0.15, -0.1) is 11.3 Å². The van der Waals surface area contributed by atoms with E-state index < -0.39 is 5.97 Å². The molecule has 0 aliphatic carbocycles. The first-order valence-corrected chi connectivity index (χ1v) is 8.20. The van der Waals surface area contributed by atoms with Crippen LogP contribution in [0.15, 0.2) is 12.1 Å². The Balaban J connectivity index is 2.07. The van der Waals surface area contributed by atoms with Crippen LogP contribution in [-0.4, -0.2) is 23.7 Å². The number of aliphatic carboxylic acids is 1. The third-order valence-electron chi connectivity index (χ3n) is 2.97. The fraction of sp³-hybridized carbons (Fsp3) is 0.571. The number of rotatable bonds is 9. The minimum Gasteiger partial charge on any atom is -0.481 e. The van der Waals surface area contributed by atoms with Crippen LogP contribution < -0.4 is 10.6 Å². The molecule has 0 saturated heterocycles. The average molecular weight is 333 g/mol. The molecule has 1 unspecified atom stereocenters. The maximum Gasteiger partial charge on any atom is 0.315 e. The SMILES string of the molecule is CC(NC(=O)NCCCCCCC(=O)O)c1ccc(Cl)s1. The zero-order chi connectivity index (χ0) is 15.7. The Kier molecular flexibility index (Phi) is 8.15. The molecule has 0 radical (unpaired) electrons. The summed E-state index contributed by atoms with van der Waals surface area (Å²) in [6.07, 6.45) is 3.56. The Morgan fingerprint density at radius 2 is 2.00 bits per heavy atom. The summed E-state index contributed by atoms with van der Waals surface area (Å²) < 4.78 is 0.709. The van der Waals surface area contributed by atoms with E-state index in [4.69, 9.17) is 16.7 Å². The first-order valence-electron chi connectivity index (χ1n) is 7.00. The van der Waals surface area contributed by atoms with Gasteiger partial charge in [-0.05, 0) is 31.9 Å². The Hall–Kier alpha value is -1.27. The van der Waals surface area contributed by atoms with E-state index in [1.54, 1.807) is 0 Å². The fourth-order valence-electron chi connectivity index (χ4n) is 1.84. The zero-order valence-corrected chi connectivity index (χ0v) is 13.6.